The summed E-state index contributed by atoms with van der Waals surface area (Å²) in [6.45, 7) is 0.942. The zero-order valence-electron chi connectivity index (χ0n) is 16.3. The van der Waals surface area contributed by atoms with Gasteiger partial charge < -0.3 is 15.2 Å². The number of carbonyl (C=O) groups excluding carboxylic acids is 1. The van der Waals surface area contributed by atoms with Gasteiger partial charge in [-0.15, -0.1) is 0 Å². The number of aliphatic imine (C=N–C) groups is 1. The summed E-state index contributed by atoms with van der Waals surface area (Å²) in [6.07, 6.45) is 4.93. The van der Waals surface area contributed by atoms with E-state index in [0.29, 0.717) is 35.8 Å². The zero-order chi connectivity index (χ0) is 20.7. The van der Waals surface area contributed by atoms with E-state index in [9.17, 15) is 4.79 Å². The molecule has 0 saturated heterocycles. The molecule has 2 aliphatic heterocycles. The number of nitrogens with two attached hydrogens (primary N) is 1. The lowest BCUT2D eigenvalue weighted by Crippen LogP contribution is -2.41. The SMILES string of the molecule is CN1C(=O)C(c2cccc(-c3cncnc3)c2)(c2ccc3c(c2)OCCO3)N=C1N. The minimum Gasteiger partial charge on any atom is -0.486 e. The molecule has 8 heteroatoms. The third kappa shape index (κ3) is 2.68. The Balaban J connectivity index is 1.71. The van der Waals surface area contributed by atoms with Crippen molar-refractivity contribution in [3.63, 3.8) is 0 Å². The average Bonchev–Trinajstić information content (AvgIpc) is 3.04. The number of carbonyl (C=O) groups is 1. The quantitative estimate of drug-likeness (QED) is 0.720. The second-order valence-corrected chi connectivity index (χ2v) is 7.11. The van der Waals surface area contributed by atoms with Gasteiger partial charge in [0.25, 0.3) is 5.91 Å². The van der Waals surface area contributed by atoms with E-state index < -0.39 is 5.54 Å². The fourth-order valence-electron chi connectivity index (χ4n) is 3.82. The number of ether oxygens (including phenoxy) is 2. The number of guanidine groups is 1. The lowest BCUT2D eigenvalue weighted by Gasteiger charge is -2.28. The molecular weight excluding hydrogens is 382 g/mol. The summed E-state index contributed by atoms with van der Waals surface area (Å²) in [7, 11) is 1.62. The molecule has 30 heavy (non-hydrogen) atoms. The highest BCUT2D eigenvalue weighted by Gasteiger charge is 2.50. The fourth-order valence-corrected chi connectivity index (χ4v) is 3.82. The van der Waals surface area contributed by atoms with Crippen LogP contribution in [0.25, 0.3) is 11.1 Å². The van der Waals surface area contributed by atoms with E-state index in [1.807, 2.05) is 30.3 Å². The molecule has 2 aromatic carbocycles. The van der Waals surface area contributed by atoms with E-state index in [0.717, 1.165) is 11.1 Å². The van der Waals surface area contributed by atoms with Crippen molar-refractivity contribution in [1.82, 2.24) is 14.9 Å². The molecule has 1 amide bonds. The van der Waals surface area contributed by atoms with Crippen molar-refractivity contribution in [2.24, 2.45) is 10.7 Å². The van der Waals surface area contributed by atoms with Crippen LogP contribution >= 0.6 is 0 Å². The van der Waals surface area contributed by atoms with Gasteiger partial charge in [0.15, 0.2) is 23.0 Å². The fraction of sp³-hybridized carbons (Fsp3) is 0.182. The minimum atomic E-state index is -1.32. The van der Waals surface area contributed by atoms with Crippen molar-refractivity contribution in [3.05, 3.63) is 72.3 Å². The predicted octanol–water partition coefficient (Wildman–Crippen LogP) is 1.95. The van der Waals surface area contributed by atoms with Crippen molar-refractivity contribution in [2.75, 3.05) is 20.3 Å². The van der Waals surface area contributed by atoms with Crippen LogP contribution < -0.4 is 15.2 Å². The van der Waals surface area contributed by atoms with Crippen LogP contribution in [-0.4, -0.2) is 47.0 Å². The second kappa shape index (κ2) is 6.84. The summed E-state index contributed by atoms with van der Waals surface area (Å²) in [4.78, 5) is 27.7. The highest BCUT2D eigenvalue weighted by atomic mass is 16.6. The largest absolute Gasteiger partial charge is 0.486 e. The summed E-state index contributed by atoms with van der Waals surface area (Å²) < 4.78 is 11.4. The minimum absolute atomic E-state index is 0.156. The number of benzene rings is 2. The lowest BCUT2D eigenvalue weighted by molar-refractivity contribution is -0.129. The Morgan fingerprint density at radius 2 is 1.70 bits per heavy atom. The van der Waals surface area contributed by atoms with Gasteiger partial charge in [-0.2, -0.15) is 0 Å². The van der Waals surface area contributed by atoms with Crippen molar-refractivity contribution in [2.45, 2.75) is 5.54 Å². The molecule has 0 aliphatic carbocycles. The molecule has 0 fully saturated rings. The summed E-state index contributed by atoms with van der Waals surface area (Å²) >= 11 is 0. The molecule has 0 radical (unpaired) electrons. The van der Waals surface area contributed by atoms with Crippen LogP contribution in [0.5, 0.6) is 11.5 Å². The molecule has 1 atom stereocenters. The van der Waals surface area contributed by atoms with Gasteiger partial charge in [0, 0.05) is 25.0 Å². The first-order valence-corrected chi connectivity index (χ1v) is 9.49. The molecule has 2 aliphatic rings. The molecule has 5 rings (SSSR count). The Kier molecular flexibility index (Phi) is 4.13. The number of rotatable bonds is 3. The maximum absolute atomic E-state index is 13.5. The van der Waals surface area contributed by atoms with Crippen LogP contribution in [0.2, 0.25) is 0 Å². The topological polar surface area (TPSA) is 103 Å². The van der Waals surface area contributed by atoms with Crippen LogP contribution in [0.4, 0.5) is 0 Å². The molecule has 3 aromatic rings. The van der Waals surface area contributed by atoms with Gasteiger partial charge in [0.2, 0.25) is 0 Å². The molecule has 0 spiro atoms. The molecule has 150 valence electrons. The number of likely N-dealkylation sites (N-methyl/N-ethyl adjacent to an activating group) is 1. The smallest absolute Gasteiger partial charge is 0.266 e. The third-order valence-corrected chi connectivity index (χ3v) is 5.37. The van der Waals surface area contributed by atoms with Gasteiger partial charge in [0.1, 0.15) is 19.5 Å². The van der Waals surface area contributed by atoms with E-state index in [1.165, 1.54) is 11.2 Å². The Hall–Kier alpha value is -3.94. The number of fused-ring (bicyclic) bond motifs is 1. The molecule has 0 saturated carbocycles. The summed E-state index contributed by atoms with van der Waals surface area (Å²) in [5.74, 6) is 1.15. The first-order valence-electron chi connectivity index (χ1n) is 9.49. The number of hydrogen-bond donors (Lipinski definition) is 1. The standard InChI is InChI=1S/C22H19N5O3/c1-27-20(28)22(26-21(27)23,17-5-6-18-19(10-17)30-8-7-29-18)16-4-2-3-14(9-16)15-11-24-13-25-12-15/h2-6,9-13H,7-8H2,1H3,(H2,23,26). The predicted molar refractivity (Wildman–Crippen MR) is 110 cm³/mol. The van der Waals surface area contributed by atoms with E-state index in [2.05, 4.69) is 15.0 Å². The first kappa shape index (κ1) is 18.1. The normalized spacial score (nSPS) is 20.2. The monoisotopic (exact) mass is 401 g/mol. The maximum Gasteiger partial charge on any atom is 0.266 e. The molecule has 3 heterocycles. The molecular formula is C22H19N5O3. The lowest BCUT2D eigenvalue weighted by atomic mass is 9.81. The summed E-state index contributed by atoms with van der Waals surface area (Å²) in [5, 5.41) is 0. The molecule has 1 aromatic heterocycles. The number of amides is 1. The molecule has 0 bridgehead atoms. The molecule has 1 unspecified atom stereocenters. The average molecular weight is 401 g/mol. The number of hydrogen-bond acceptors (Lipinski definition) is 7. The highest BCUT2D eigenvalue weighted by Crippen LogP contribution is 2.43. The van der Waals surface area contributed by atoms with Crippen LogP contribution in [-0.2, 0) is 10.3 Å². The van der Waals surface area contributed by atoms with Gasteiger partial charge in [-0.3, -0.25) is 9.69 Å². The van der Waals surface area contributed by atoms with Crippen LogP contribution in [0.3, 0.4) is 0 Å². The van der Waals surface area contributed by atoms with Gasteiger partial charge >= 0.3 is 0 Å². The maximum atomic E-state index is 13.5. The van der Waals surface area contributed by atoms with Crippen LogP contribution in [0, 0.1) is 0 Å². The summed E-state index contributed by atoms with van der Waals surface area (Å²) in [5.41, 5.74) is 7.83. The Morgan fingerprint density at radius 1 is 0.967 bits per heavy atom. The van der Waals surface area contributed by atoms with Gasteiger partial charge in [-0.05, 0) is 34.9 Å². The Morgan fingerprint density at radius 3 is 2.43 bits per heavy atom. The van der Waals surface area contributed by atoms with Crippen molar-refractivity contribution in [3.8, 4) is 22.6 Å². The third-order valence-electron chi connectivity index (χ3n) is 5.37. The van der Waals surface area contributed by atoms with Crippen molar-refractivity contribution in [1.29, 1.82) is 0 Å². The highest BCUT2D eigenvalue weighted by molar-refractivity contribution is 6.09. The van der Waals surface area contributed by atoms with Crippen LogP contribution in [0.1, 0.15) is 11.1 Å². The van der Waals surface area contributed by atoms with Gasteiger partial charge in [-0.1, -0.05) is 24.3 Å². The van der Waals surface area contributed by atoms with E-state index in [4.69, 9.17) is 15.2 Å². The Labute approximate surface area is 173 Å². The van der Waals surface area contributed by atoms with Crippen LogP contribution in [0.15, 0.2) is 66.2 Å². The van der Waals surface area contributed by atoms with E-state index in [-0.39, 0.29) is 11.9 Å². The Bertz CT molecular complexity index is 1160. The number of aromatic nitrogens is 2. The van der Waals surface area contributed by atoms with Gasteiger partial charge in [-0.25, -0.2) is 15.0 Å². The zero-order valence-corrected chi connectivity index (χ0v) is 16.3. The summed E-state index contributed by atoms with van der Waals surface area (Å²) in [6, 6.07) is 13.1. The second-order valence-electron chi connectivity index (χ2n) is 7.11. The van der Waals surface area contributed by atoms with Crippen molar-refractivity contribution < 1.29 is 14.3 Å². The van der Waals surface area contributed by atoms with E-state index >= 15 is 0 Å². The first-order chi connectivity index (χ1) is 14.6. The van der Waals surface area contributed by atoms with E-state index in [1.54, 1.807) is 31.6 Å². The number of nitrogens with zero attached hydrogens (tertiary/aromatic N) is 4. The molecule has 2 N–H and O–H groups in total. The van der Waals surface area contributed by atoms with Crippen molar-refractivity contribution >= 4 is 11.9 Å². The molecule has 8 nitrogen and oxygen atoms in total. The van der Waals surface area contributed by atoms with Gasteiger partial charge in [0.05, 0.1) is 0 Å².